The molecule has 0 saturated heterocycles. The number of unbranched alkanes of at least 4 members (excludes halogenated alkanes) is 4. The molecule has 0 spiro atoms. The Morgan fingerprint density at radius 1 is 1.27 bits per heavy atom. The predicted molar refractivity (Wildman–Crippen MR) is 43.9 cm³/mol. The van der Waals surface area contributed by atoms with Gasteiger partial charge in [0.1, 0.15) is 6.29 Å². The highest BCUT2D eigenvalue weighted by atomic mass is 16.1. The summed E-state index contributed by atoms with van der Waals surface area (Å²) in [7, 11) is 0. The fourth-order valence-corrected chi connectivity index (χ4v) is 0.795. The third-order valence-electron chi connectivity index (χ3n) is 1.37. The van der Waals surface area contributed by atoms with Crippen molar-refractivity contribution in [3.05, 3.63) is 12.2 Å². The van der Waals surface area contributed by atoms with Crippen LogP contribution in [-0.2, 0) is 4.79 Å². The van der Waals surface area contributed by atoms with Gasteiger partial charge >= 0.3 is 0 Å². The first-order chi connectivity index (χ1) is 5.41. The Balaban J connectivity index is 2.97. The van der Waals surface area contributed by atoms with Gasteiger partial charge < -0.3 is 0 Å². The van der Waals surface area contributed by atoms with Gasteiger partial charge in [-0.2, -0.15) is 5.26 Å². The molecule has 0 aliphatic heterocycles. The summed E-state index contributed by atoms with van der Waals surface area (Å²) in [5.41, 5.74) is 0. The van der Waals surface area contributed by atoms with Crippen LogP contribution in [0.5, 0.6) is 0 Å². The highest BCUT2D eigenvalue weighted by Gasteiger charge is 1.85. The number of rotatable bonds is 6. The van der Waals surface area contributed by atoms with E-state index >= 15 is 0 Å². The van der Waals surface area contributed by atoms with Crippen molar-refractivity contribution in [3.8, 4) is 6.07 Å². The standard InChI is InChI=1S/C9H13NO/c10-8-6-4-2-1-3-5-7-9-11/h5,7,9H,1-4,6H2/b7-5+. The van der Waals surface area contributed by atoms with E-state index in [1.807, 2.05) is 6.08 Å². The summed E-state index contributed by atoms with van der Waals surface area (Å²) in [6.45, 7) is 0. The van der Waals surface area contributed by atoms with Crippen LogP contribution in [-0.4, -0.2) is 6.29 Å². The zero-order valence-corrected chi connectivity index (χ0v) is 6.62. The Kier molecular flexibility index (Phi) is 8.01. The van der Waals surface area contributed by atoms with Gasteiger partial charge in [0, 0.05) is 6.42 Å². The Labute approximate surface area is 67.5 Å². The second-order valence-corrected chi connectivity index (χ2v) is 2.32. The van der Waals surface area contributed by atoms with Crippen LogP contribution in [0.25, 0.3) is 0 Å². The number of nitrogens with zero attached hydrogens (tertiary/aromatic N) is 1. The molecule has 0 aromatic heterocycles. The van der Waals surface area contributed by atoms with E-state index in [2.05, 4.69) is 6.07 Å². The summed E-state index contributed by atoms with van der Waals surface area (Å²) >= 11 is 0. The molecule has 0 amide bonds. The molecule has 0 heterocycles. The van der Waals surface area contributed by atoms with Crippen LogP contribution < -0.4 is 0 Å². The van der Waals surface area contributed by atoms with Crippen LogP contribution in [0.1, 0.15) is 32.1 Å². The summed E-state index contributed by atoms with van der Waals surface area (Å²) < 4.78 is 0. The van der Waals surface area contributed by atoms with Crippen molar-refractivity contribution in [2.45, 2.75) is 32.1 Å². The van der Waals surface area contributed by atoms with Crippen molar-refractivity contribution < 1.29 is 4.79 Å². The minimum Gasteiger partial charge on any atom is -0.299 e. The SMILES string of the molecule is N#CCCCCC/C=C/C=O. The first-order valence-electron chi connectivity index (χ1n) is 3.89. The molecule has 0 aliphatic carbocycles. The number of aldehydes is 1. The van der Waals surface area contributed by atoms with E-state index < -0.39 is 0 Å². The highest BCUT2D eigenvalue weighted by Crippen LogP contribution is 2.02. The molecule has 0 radical (unpaired) electrons. The average molecular weight is 151 g/mol. The maximum absolute atomic E-state index is 9.81. The summed E-state index contributed by atoms with van der Waals surface area (Å²) in [5, 5.41) is 8.20. The van der Waals surface area contributed by atoms with E-state index in [4.69, 9.17) is 5.26 Å². The lowest BCUT2D eigenvalue weighted by molar-refractivity contribution is -0.104. The average Bonchev–Trinajstić information content (AvgIpc) is 2.03. The van der Waals surface area contributed by atoms with Crippen molar-refractivity contribution in [3.63, 3.8) is 0 Å². The normalized spacial score (nSPS) is 9.73. The van der Waals surface area contributed by atoms with Crippen molar-refractivity contribution in [1.29, 1.82) is 5.26 Å². The smallest absolute Gasteiger partial charge is 0.142 e. The first-order valence-corrected chi connectivity index (χ1v) is 3.89. The first kappa shape index (κ1) is 9.90. The molecule has 0 N–H and O–H groups in total. The van der Waals surface area contributed by atoms with Gasteiger partial charge in [-0.15, -0.1) is 0 Å². The van der Waals surface area contributed by atoms with Gasteiger partial charge in [0.15, 0.2) is 0 Å². The van der Waals surface area contributed by atoms with E-state index in [1.54, 1.807) is 0 Å². The van der Waals surface area contributed by atoms with Crippen molar-refractivity contribution >= 4 is 6.29 Å². The van der Waals surface area contributed by atoms with Crippen molar-refractivity contribution in [2.24, 2.45) is 0 Å². The van der Waals surface area contributed by atoms with Gasteiger partial charge in [0.2, 0.25) is 0 Å². The lowest BCUT2D eigenvalue weighted by Gasteiger charge is -1.91. The van der Waals surface area contributed by atoms with Crippen LogP contribution in [0.4, 0.5) is 0 Å². The zero-order chi connectivity index (χ0) is 8.36. The molecule has 0 saturated carbocycles. The monoisotopic (exact) mass is 151 g/mol. The largest absolute Gasteiger partial charge is 0.299 e. The third kappa shape index (κ3) is 8.90. The van der Waals surface area contributed by atoms with Crippen LogP contribution in [0.15, 0.2) is 12.2 Å². The number of carbonyl (C=O) groups is 1. The summed E-state index contributed by atoms with van der Waals surface area (Å²) in [6.07, 6.45) is 8.90. The molecule has 2 nitrogen and oxygen atoms in total. The van der Waals surface area contributed by atoms with Crippen LogP contribution in [0.2, 0.25) is 0 Å². The molecule has 0 aliphatic rings. The molecule has 0 atom stereocenters. The Hall–Kier alpha value is -1.10. The summed E-state index contributed by atoms with van der Waals surface area (Å²) in [4.78, 5) is 9.81. The molecule has 0 unspecified atom stereocenters. The van der Waals surface area contributed by atoms with Crippen molar-refractivity contribution in [2.75, 3.05) is 0 Å². The molecule has 0 bridgehead atoms. The third-order valence-corrected chi connectivity index (χ3v) is 1.37. The van der Waals surface area contributed by atoms with Gasteiger partial charge in [-0.1, -0.05) is 12.5 Å². The number of carbonyl (C=O) groups excluding carboxylic acids is 1. The molecule has 60 valence electrons. The maximum Gasteiger partial charge on any atom is 0.142 e. The second-order valence-electron chi connectivity index (χ2n) is 2.32. The number of nitriles is 1. The van der Waals surface area contributed by atoms with Gasteiger partial charge in [-0.3, -0.25) is 4.79 Å². The molecule has 0 rings (SSSR count). The zero-order valence-electron chi connectivity index (χ0n) is 6.62. The van der Waals surface area contributed by atoms with E-state index in [9.17, 15) is 4.79 Å². The Bertz CT molecular complexity index is 155. The van der Waals surface area contributed by atoms with Gasteiger partial charge in [-0.05, 0) is 25.3 Å². The Morgan fingerprint density at radius 2 is 2.09 bits per heavy atom. The van der Waals surface area contributed by atoms with E-state index in [0.29, 0.717) is 6.42 Å². The topological polar surface area (TPSA) is 40.9 Å². The Morgan fingerprint density at radius 3 is 2.73 bits per heavy atom. The predicted octanol–water partition coefficient (Wildman–Crippen LogP) is 2.22. The molecular formula is C9H13NO. The van der Waals surface area contributed by atoms with E-state index in [1.165, 1.54) is 6.08 Å². The fraction of sp³-hybridized carbons (Fsp3) is 0.556. The van der Waals surface area contributed by atoms with Gasteiger partial charge in [0.25, 0.3) is 0 Å². The van der Waals surface area contributed by atoms with E-state index in [0.717, 1.165) is 32.0 Å². The summed E-state index contributed by atoms with van der Waals surface area (Å²) in [6, 6.07) is 2.10. The van der Waals surface area contributed by atoms with Crippen LogP contribution in [0, 0.1) is 11.3 Å². The van der Waals surface area contributed by atoms with E-state index in [-0.39, 0.29) is 0 Å². The maximum atomic E-state index is 9.81. The minimum atomic E-state index is 0.650. The molecule has 0 fully saturated rings. The fourth-order valence-electron chi connectivity index (χ4n) is 0.795. The molecule has 11 heavy (non-hydrogen) atoms. The highest BCUT2D eigenvalue weighted by molar-refractivity contribution is 5.64. The lowest BCUT2D eigenvalue weighted by Crippen LogP contribution is -1.74. The van der Waals surface area contributed by atoms with Crippen molar-refractivity contribution in [1.82, 2.24) is 0 Å². The van der Waals surface area contributed by atoms with Gasteiger partial charge in [0.05, 0.1) is 6.07 Å². The number of hydrogen-bond acceptors (Lipinski definition) is 2. The minimum absolute atomic E-state index is 0.650. The second kappa shape index (κ2) is 8.90. The van der Waals surface area contributed by atoms with Crippen LogP contribution >= 0.6 is 0 Å². The number of hydrogen-bond donors (Lipinski definition) is 0. The summed E-state index contributed by atoms with van der Waals surface area (Å²) in [5.74, 6) is 0. The van der Waals surface area contributed by atoms with Crippen LogP contribution in [0.3, 0.4) is 0 Å². The molecule has 0 aromatic carbocycles. The molecule has 2 heteroatoms. The lowest BCUT2D eigenvalue weighted by atomic mass is 10.1. The quantitative estimate of drug-likeness (QED) is 0.332. The van der Waals surface area contributed by atoms with Gasteiger partial charge in [-0.25, -0.2) is 0 Å². The molecular weight excluding hydrogens is 138 g/mol. The number of allylic oxidation sites excluding steroid dienone is 2. The molecule has 0 aromatic rings.